The predicted molar refractivity (Wildman–Crippen MR) is 86.2 cm³/mol. The zero-order chi connectivity index (χ0) is 16.0. The SMILES string of the molecule is COc1ccccc1[C@@H](C)NC(=O)C(CN)CC(C)(C)C. The highest BCUT2D eigenvalue weighted by molar-refractivity contribution is 5.79. The van der Waals surface area contributed by atoms with Gasteiger partial charge in [0.25, 0.3) is 0 Å². The van der Waals surface area contributed by atoms with Gasteiger partial charge in [-0.15, -0.1) is 0 Å². The fourth-order valence-corrected chi connectivity index (χ4v) is 2.46. The lowest BCUT2D eigenvalue weighted by Gasteiger charge is -2.26. The molecule has 0 bridgehead atoms. The van der Waals surface area contributed by atoms with Crippen LogP contribution in [0.5, 0.6) is 5.75 Å². The van der Waals surface area contributed by atoms with Crippen LogP contribution in [-0.2, 0) is 4.79 Å². The van der Waals surface area contributed by atoms with Crippen molar-refractivity contribution in [1.29, 1.82) is 0 Å². The summed E-state index contributed by atoms with van der Waals surface area (Å²) in [5.74, 6) is 0.624. The molecule has 0 aromatic heterocycles. The van der Waals surface area contributed by atoms with Gasteiger partial charge in [0, 0.05) is 12.1 Å². The molecule has 1 aromatic carbocycles. The molecule has 4 heteroatoms. The Kier molecular flexibility index (Phi) is 6.21. The van der Waals surface area contributed by atoms with E-state index in [2.05, 4.69) is 26.1 Å². The Morgan fingerprint density at radius 3 is 2.48 bits per heavy atom. The Hall–Kier alpha value is -1.55. The van der Waals surface area contributed by atoms with E-state index in [9.17, 15) is 4.79 Å². The van der Waals surface area contributed by atoms with Crippen molar-refractivity contribution in [3.05, 3.63) is 29.8 Å². The van der Waals surface area contributed by atoms with Gasteiger partial charge in [-0.1, -0.05) is 39.0 Å². The second-order valence-corrected chi connectivity index (χ2v) is 6.67. The minimum Gasteiger partial charge on any atom is -0.496 e. The van der Waals surface area contributed by atoms with Gasteiger partial charge in [0.15, 0.2) is 0 Å². The van der Waals surface area contributed by atoms with E-state index in [0.29, 0.717) is 6.54 Å². The van der Waals surface area contributed by atoms with E-state index < -0.39 is 0 Å². The molecule has 3 N–H and O–H groups in total. The lowest BCUT2D eigenvalue weighted by Crippen LogP contribution is -2.38. The molecule has 0 aliphatic carbocycles. The first kappa shape index (κ1) is 17.5. The van der Waals surface area contributed by atoms with Crippen LogP contribution in [0.2, 0.25) is 0 Å². The molecule has 0 fully saturated rings. The molecule has 1 rings (SSSR count). The largest absolute Gasteiger partial charge is 0.496 e. The Morgan fingerprint density at radius 2 is 1.95 bits per heavy atom. The summed E-state index contributed by atoms with van der Waals surface area (Å²) in [6.45, 7) is 8.67. The third-order valence-electron chi connectivity index (χ3n) is 3.48. The average molecular weight is 292 g/mol. The normalized spacial score (nSPS) is 14.4. The van der Waals surface area contributed by atoms with Crippen LogP contribution in [0, 0.1) is 11.3 Å². The van der Waals surface area contributed by atoms with Gasteiger partial charge in [0.2, 0.25) is 5.91 Å². The van der Waals surface area contributed by atoms with Crippen LogP contribution in [0.25, 0.3) is 0 Å². The van der Waals surface area contributed by atoms with E-state index in [1.165, 1.54) is 0 Å². The Morgan fingerprint density at radius 1 is 1.33 bits per heavy atom. The van der Waals surface area contributed by atoms with Crippen molar-refractivity contribution in [1.82, 2.24) is 5.32 Å². The summed E-state index contributed by atoms with van der Waals surface area (Å²) >= 11 is 0. The molecule has 0 heterocycles. The summed E-state index contributed by atoms with van der Waals surface area (Å²) in [4.78, 5) is 12.4. The minimum absolute atomic E-state index is 0.00540. The molecule has 4 nitrogen and oxygen atoms in total. The summed E-state index contributed by atoms with van der Waals surface area (Å²) in [6, 6.07) is 7.61. The van der Waals surface area contributed by atoms with Gasteiger partial charge >= 0.3 is 0 Å². The van der Waals surface area contributed by atoms with E-state index in [4.69, 9.17) is 10.5 Å². The molecule has 1 aromatic rings. The first-order valence-electron chi connectivity index (χ1n) is 7.42. The van der Waals surface area contributed by atoms with Gasteiger partial charge in [0.05, 0.1) is 19.1 Å². The van der Waals surface area contributed by atoms with Crippen molar-refractivity contribution in [3.8, 4) is 5.75 Å². The highest BCUT2D eigenvalue weighted by atomic mass is 16.5. The van der Waals surface area contributed by atoms with Crippen LogP contribution in [0.3, 0.4) is 0 Å². The monoisotopic (exact) mass is 292 g/mol. The number of amides is 1. The third kappa shape index (κ3) is 5.38. The first-order chi connectivity index (χ1) is 9.78. The highest BCUT2D eigenvalue weighted by Crippen LogP contribution is 2.27. The summed E-state index contributed by atoms with van der Waals surface area (Å²) in [5, 5.41) is 3.05. The second kappa shape index (κ2) is 7.46. The van der Waals surface area contributed by atoms with Crippen molar-refractivity contribution in [2.75, 3.05) is 13.7 Å². The number of para-hydroxylation sites is 1. The average Bonchev–Trinajstić information content (AvgIpc) is 2.43. The number of hydrogen-bond acceptors (Lipinski definition) is 3. The number of methoxy groups -OCH3 is 1. The van der Waals surface area contributed by atoms with Crippen molar-refractivity contribution in [2.24, 2.45) is 17.1 Å². The van der Waals surface area contributed by atoms with E-state index in [0.717, 1.165) is 17.7 Å². The number of benzene rings is 1. The number of ether oxygens (including phenoxy) is 1. The number of carbonyl (C=O) groups excluding carboxylic acids is 1. The zero-order valence-electron chi connectivity index (χ0n) is 13.8. The van der Waals surface area contributed by atoms with E-state index >= 15 is 0 Å². The molecule has 2 atom stereocenters. The summed E-state index contributed by atoms with van der Waals surface area (Å²) in [5.41, 5.74) is 6.82. The number of rotatable bonds is 6. The maximum Gasteiger partial charge on any atom is 0.224 e. The van der Waals surface area contributed by atoms with Crippen molar-refractivity contribution >= 4 is 5.91 Å². The Balaban J connectivity index is 2.77. The molecular formula is C17H28N2O2. The predicted octanol–water partition coefficient (Wildman–Crippen LogP) is 2.88. The third-order valence-corrected chi connectivity index (χ3v) is 3.48. The van der Waals surface area contributed by atoms with Crippen molar-refractivity contribution < 1.29 is 9.53 Å². The van der Waals surface area contributed by atoms with Gasteiger partial charge < -0.3 is 15.8 Å². The maximum atomic E-state index is 12.4. The fourth-order valence-electron chi connectivity index (χ4n) is 2.46. The zero-order valence-corrected chi connectivity index (χ0v) is 13.8. The van der Waals surface area contributed by atoms with E-state index in [1.54, 1.807) is 7.11 Å². The van der Waals surface area contributed by atoms with Crippen LogP contribution >= 0.6 is 0 Å². The van der Waals surface area contributed by atoms with Crippen LogP contribution < -0.4 is 15.8 Å². The van der Waals surface area contributed by atoms with Crippen LogP contribution in [0.15, 0.2) is 24.3 Å². The van der Waals surface area contributed by atoms with Gasteiger partial charge in [-0.2, -0.15) is 0 Å². The van der Waals surface area contributed by atoms with Crippen molar-refractivity contribution in [3.63, 3.8) is 0 Å². The van der Waals surface area contributed by atoms with Crippen LogP contribution in [0.1, 0.15) is 45.7 Å². The minimum atomic E-state index is -0.165. The van der Waals surface area contributed by atoms with Crippen molar-refractivity contribution in [2.45, 2.75) is 40.2 Å². The smallest absolute Gasteiger partial charge is 0.224 e. The number of nitrogens with one attached hydrogen (secondary N) is 1. The molecule has 0 aliphatic heterocycles. The number of nitrogens with two attached hydrogens (primary N) is 1. The molecule has 0 saturated carbocycles. The van der Waals surface area contributed by atoms with Gasteiger partial charge in [-0.05, 0) is 24.8 Å². The lowest BCUT2D eigenvalue weighted by atomic mass is 9.84. The Bertz CT molecular complexity index is 466. The van der Waals surface area contributed by atoms with Gasteiger partial charge in [-0.3, -0.25) is 4.79 Å². The van der Waals surface area contributed by atoms with Gasteiger partial charge in [-0.25, -0.2) is 0 Å². The van der Waals surface area contributed by atoms with Crippen LogP contribution in [-0.4, -0.2) is 19.6 Å². The van der Waals surface area contributed by atoms with Gasteiger partial charge in [0.1, 0.15) is 5.75 Å². The molecule has 0 saturated heterocycles. The highest BCUT2D eigenvalue weighted by Gasteiger charge is 2.25. The second-order valence-electron chi connectivity index (χ2n) is 6.67. The standard InChI is InChI=1S/C17H28N2O2/c1-12(14-8-6-7-9-15(14)21-5)19-16(20)13(11-18)10-17(2,3)4/h6-9,12-13H,10-11,18H2,1-5H3,(H,19,20)/t12-,13?/m1/s1. The van der Waals surface area contributed by atoms with Crippen LogP contribution in [0.4, 0.5) is 0 Å². The summed E-state index contributed by atoms with van der Waals surface area (Å²) < 4.78 is 5.34. The quantitative estimate of drug-likeness (QED) is 0.847. The summed E-state index contributed by atoms with van der Waals surface area (Å²) in [7, 11) is 1.63. The summed E-state index contributed by atoms with van der Waals surface area (Å²) in [6.07, 6.45) is 0.772. The molecular weight excluding hydrogens is 264 g/mol. The lowest BCUT2D eigenvalue weighted by molar-refractivity contribution is -0.126. The molecule has 0 aliphatic rings. The molecule has 0 radical (unpaired) electrons. The maximum absolute atomic E-state index is 12.4. The molecule has 0 spiro atoms. The number of carbonyl (C=O) groups is 1. The molecule has 1 unspecified atom stereocenters. The fraction of sp³-hybridized carbons (Fsp3) is 0.588. The molecule has 21 heavy (non-hydrogen) atoms. The Labute approximate surface area is 128 Å². The van der Waals surface area contributed by atoms with E-state index in [-0.39, 0.29) is 23.3 Å². The first-order valence-corrected chi connectivity index (χ1v) is 7.42. The number of hydrogen-bond donors (Lipinski definition) is 2. The topological polar surface area (TPSA) is 64.3 Å². The molecule has 1 amide bonds. The molecule has 118 valence electrons. The van der Waals surface area contributed by atoms with E-state index in [1.807, 2.05) is 31.2 Å².